The summed E-state index contributed by atoms with van der Waals surface area (Å²) in [4.78, 5) is 27.9. The minimum absolute atomic E-state index is 0.0538. The van der Waals surface area contributed by atoms with Crippen molar-refractivity contribution >= 4 is 17.4 Å². The lowest BCUT2D eigenvalue weighted by Gasteiger charge is -2.03. The molecular formula is C17H13N3O3. The van der Waals surface area contributed by atoms with Crippen molar-refractivity contribution < 1.29 is 14.4 Å². The second-order valence-corrected chi connectivity index (χ2v) is 4.58. The van der Waals surface area contributed by atoms with E-state index in [1.807, 2.05) is 6.07 Å². The maximum Gasteiger partial charge on any atom is 0.281 e. The number of nitrogens with zero attached hydrogens (tertiary/aromatic N) is 2. The smallest absolute Gasteiger partial charge is 0.281 e. The highest BCUT2D eigenvalue weighted by Gasteiger charge is 2.08. The number of amides is 1. The molecule has 114 valence electrons. The van der Waals surface area contributed by atoms with Crippen molar-refractivity contribution in [3.8, 4) is 6.07 Å². The molecule has 0 atom stereocenters. The van der Waals surface area contributed by atoms with Crippen molar-refractivity contribution in [3.63, 3.8) is 0 Å². The molecule has 6 heteroatoms. The normalized spacial score (nSPS) is 10.7. The van der Waals surface area contributed by atoms with Gasteiger partial charge in [0.15, 0.2) is 5.78 Å². The predicted octanol–water partition coefficient (Wildman–Crippen LogP) is 1.80. The highest BCUT2D eigenvalue weighted by atomic mass is 16.6. The van der Waals surface area contributed by atoms with Crippen LogP contribution >= 0.6 is 0 Å². The van der Waals surface area contributed by atoms with Crippen LogP contribution in [0.3, 0.4) is 0 Å². The lowest BCUT2D eigenvalue weighted by atomic mass is 10.0. The molecular weight excluding hydrogens is 294 g/mol. The van der Waals surface area contributed by atoms with Gasteiger partial charge in [-0.05, 0) is 5.56 Å². The number of nitrogens with two attached hydrogens (primary N) is 1. The molecule has 2 aromatic rings. The van der Waals surface area contributed by atoms with Gasteiger partial charge in [0.2, 0.25) is 5.71 Å². The van der Waals surface area contributed by atoms with Gasteiger partial charge in [-0.15, -0.1) is 0 Å². The predicted molar refractivity (Wildman–Crippen MR) is 83.3 cm³/mol. The number of hydrogen-bond donors (Lipinski definition) is 1. The van der Waals surface area contributed by atoms with Crippen molar-refractivity contribution in [1.82, 2.24) is 0 Å². The Morgan fingerprint density at radius 3 is 2.22 bits per heavy atom. The van der Waals surface area contributed by atoms with Crippen LogP contribution in [0.5, 0.6) is 0 Å². The Balaban J connectivity index is 2.02. The first-order valence-corrected chi connectivity index (χ1v) is 6.70. The van der Waals surface area contributed by atoms with E-state index >= 15 is 0 Å². The third-order valence-electron chi connectivity index (χ3n) is 2.98. The molecule has 0 spiro atoms. The fraction of sp³-hybridized carbons (Fsp3) is 0.0588. The van der Waals surface area contributed by atoms with Gasteiger partial charge in [0.05, 0.1) is 0 Å². The number of carbonyl (C=O) groups is 2. The number of carbonyl (C=O) groups excluding carboxylic acids is 2. The Morgan fingerprint density at radius 1 is 1.04 bits per heavy atom. The van der Waals surface area contributed by atoms with Gasteiger partial charge in [0, 0.05) is 11.1 Å². The molecule has 0 aliphatic carbocycles. The fourth-order valence-electron chi connectivity index (χ4n) is 1.80. The van der Waals surface area contributed by atoms with Crippen molar-refractivity contribution in [3.05, 3.63) is 71.3 Å². The quantitative estimate of drug-likeness (QED) is 0.499. The molecule has 0 aliphatic heterocycles. The average molecular weight is 307 g/mol. The van der Waals surface area contributed by atoms with E-state index in [0.29, 0.717) is 11.1 Å². The zero-order chi connectivity index (χ0) is 16.7. The van der Waals surface area contributed by atoms with Crippen LogP contribution in [0.25, 0.3) is 0 Å². The largest absolute Gasteiger partial charge is 0.390 e. The van der Waals surface area contributed by atoms with Crippen LogP contribution in [-0.4, -0.2) is 17.4 Å². The molecule has 0 fully saturated rings. The zero-order valence-electron chi connectivity index (χ0n) is 12.1. The number of hydrogen-bond acceptors (Lipinski definition) is 5. The molecule has 23 heavy (non-hydrogen) atoms. The van der Waals surface area contributed by atoms with Gasteiger partial charge >= 0.3 is 0 Å². The summed E-state index contributed by atoms with van der Waals surface area (Å²) in [6.45, 7) is 0.0538. The van der Waals surface area contributed by atoms with Gasteiger partial charge in [0.25, 0.3) is 5.91 Å². The SMILES string of the molecule is N#CC(=NOCc1ccc(C(=O)c2ccccc2)cc1)C(N)=O. The maximum atomic E-state index is 12.2. The summed E-state index contributed by atoms with van der Waals surface area (Å²) in [5.74, 6) is -1.02. The molecule has 0 saturated carbocycles. The minimum Gasteiger partial charge on any atom is -0.390 e. The Morgan fingerprint density at radius 2 is 1.65 bits per heavy atom. The van der Waals surface area contributed by atoms with Gasteiger partial charge in [-0.1, -0.05) is 59.8 Å². The third-order valence-corrected chi connectivity index (χ3v) is 2.98. The van der Waals surface area contributed by atoms with Crippen LogP contribution in [0.15, 0.2) is 59.8 Å². The molecule has 1 amide bonds. The van der Waals surface area contributed by atoms with E-state index in [4.69, 9.17) is 15.8 Å². The second kappa shape index (κ2) is 7.52. The number of rotatable bonds is 6. The second-order valence-electron chi connectivity index (χ2n) is 4.58. The van der Waals surface area contributed by atoms with E-state index in [0.717, 1.165) is 5.56 Å². The van der Waals surface area contributed by atoms with E-state index in [1.54, 1.807) is 48.5 Å². The van der Waals surface area contributed by atoms with E-state index in [9.17, 15) is 9.59 Å². The molecule has 0 heterocycles. The Bertz CT molecular complexity index is 775. The summed E-state index contributed by atoms with van der Waals surface area (Å²) in [6.07, 6.45) is 0. The molecule has 0 saturated heterocycles. The average Bonchev–Trinajstić information content (AvgIpc) is 2.59. The number of benzene rings is 2. The van der Waals surface area contributed by atoms with E-state index in [1.165, 1.54) is 6.07 Å². The van der Waals surface area contributed by atoms with E-state index < -0.39 is 11.6 Å². The van der Waals surface area contributed by atoms with E-state index in [-0.39, 0.29) is 12.4 Å². The van der Waals surface area contributed by atoms with Crippen LogP contribution < -0.4 is 5.73 Å². The molecule has 0 unspecified atom stereocenters. The number of nitriles is 1. The van der Waals surface area contributed by atoms with Gasteiger partial charge in [0.1, 0.15) is 12.7 Å². The summed E-state index contributed by atoms with van der Waals surface area (Å²) in [5, 5.41) is 12.0. The lowest BCUT2D eigenvalue weighted by molar-refractivity contribution is -0.112. The molecule has 0 radical (unpaired) electrons. The van der Waals surface area contributed by atoms with Crippen LogP contribution in [0, 0.1) is 11.3 Å². The van der Waals surface area contributed by atoms with Gasteiger partial charge < -0.3 is 10.6 Å². The minimum atomic E-state index is -0.948. The van der Waals surface area contributed by atoms with Crippen LogP contribution in [0.2, 0.25) is 0 Å². The first-order chi connectivity index (χ1) is 11.1. The first kappa shape index (κ1) is 15.9. The van der Waals surface area contributed by atoms with Crippen molar-refractivity contribution in [2.24, 2.45) is 10.9 Å². The molecule has 0 bridgehead atoms. The molecule has 2 aromatic carbocycles. The molecule has 0 aliphatic rings. The summed E-state index contributed by atoms with van der Waals surface area (Å²) in [5.41, 5.74) is 6.33. The van der Waals surface area contributed by atoms with Crippen LogP contribution in [-0.2, 0) is 16.2 Å². The number of ketones is 1. The summed E-state index contributed by atoms with van der Waals surface area (Å²) in [6, 6.07) is 17.3. The monoisotopic (exact) mass is 307 g/mol. The Labute approximate surface area is 132 Å². The molecule has 0 aromatic heterocycles. The van der Waals surface area contributed by atoms with Gasteiger partial charge in [-0.2, -0.15) is 5.26 Å². The van der Waals surface area contributed by atoms with Crippen LogP contribution in [0.1, 0.15) is 21.5 Å². The summed E-state index contributed by atoms with van der Waals surface area (Å²) >= 11 is 0. The maximum absolute atomic E-state index is 12.2. The van der Waals surface area contributed by atoms with Crippen molar-refractivity contribution in [2.75, 3.05) is 0 Å². The van der Waals surface area contributed by atoms with Crippen molar-refractivity contribution in [1.29, 1.82) is 5.26 Å². The standard InChI is InChI=1S/C17H13N3O3/c18-10-15(17(19)22)20-23-11-12-6-8-14(9-7-12)16(21)13-4-2-1-3-5-13/h1-9H,11H2,(H2,19,22). The highest BCUT2D eigenvalue weighted by Crippen LogP contribution is 2.11. The topological polar surface area (TPSA) is 106 Å². The lowest BCUT2D eigenvalue weighted by Crippen LogP contribution is -2.21. The Kier molecular flexibility index (Phi) is 5.21. The van der Waals surface area contributed by atoms with E-state index in [2.05, 4.69) is 5.16 Å². The van der Waals surface area contributed by atoms with Crippen molar-refractivity contribution in [2.45, 2.75) is 6.61 Å². The molecule has 2 rings (SSSR count). The van der Waals surface area contributed by atoms with Gasteiger partial charge in [-0.25, -0.2) is 0 Å². The fourth-order valence-corrected chi connectivity index (χ4v) is 1.80. The molecule has 6 nitrogen and oxygen atoms in total. The summed E-state index contributed by atoms with van der Waals surface area (Å²) in [7, 11) is 0. The highest BCUT2D eigenvalue weighted by molar-refractivity contribution is 6.44. The molecule has 2 N–H and O–H groups in total. The zero-order valence-corrected chi connectivity index (χ0v) is 12.1. The van der Waals surface area contributed by atoms with Gasteiger partial charge in [-0.3, -0.25) is 9.59 Å². The summed E-state index contributed by atoms with van der Waals surface area (Å²) < 4.78 is 0. The van der Waals surface area contributed by atoms with Crippen LogP contribution in [0.4, 0.5) is 0 Å². The Hall–Kier alpha value is -3.46. The number of primary amides is 1. The first-order valence-electron chi connectivity index (χ1n) is 6.70. The number of oxime groups is 1. The third kappa shape index (κ3) is 4.25.